The van der Waals surface area contributed by atoms with Crippen molar-refractivity contribution in [1.29, 1.82) is 0 Å². The van der Waals surface area contributed by atoms with Gasteiger partial charge in [-0.25, -0.2) is 0 Å². The molecule has 0 aliphatic carbocycles. The van der Waals surface area contributed by atoms with Gasteiger partial charge in [0.1, 0.15) is 23.2 Å². The van der Waals surface area contributed by atoms with Crippen LogP contribution in [0.1, 0.15) is 29.4 Å². The third-order valence-corrected chi connectivity index (χ3v) is 4.86. The summed E-state index contributed by atoms with van der Waals surface area (Å²) < 4.78 is 10.7. The third-order valence-electron chi connectivity index (χ3n) is 4.86. The van der Waals surface area contributed by atoms with E-state index in [0.29, 0.717) is 48.0 Å². The smallest absolute Gasteiger partial charge is 0.272 e. The van der Waals surface area contributed by atoms with Crippen molar-refractivity contribution in [2.24, 2.45) is 0 Å². The molecule has 2 aromatic rings. The third kappa shape index (κ3) is 3.34. The highest BCUT2D eigenvalue weighted by molar-refractivity contribution is 5.99. The van der Waals surface area contributed by atoms with Gasteiger partial charge in [-0.05, 0) is 31.5 Å². The first-order valence-corrected chi connectivity index (χ1v) is 8.87. The monoisotopic (exact) mass is 372 g/mol. The number of ether oxygens (including phenoxy) is 2. The second kappa shape index (κ2) is 7.69. The zero-order chi connectivity index (χ0) is 19.6. The minimum absolute atomic E-state index is 0.121. The molecule has 0 spiro atoms. The molecule has 8 heteroatoms. The van der Waals surface area contributed by atoms with Crippen LogP contribution < -0.4 is 14.8 Å². The molecule has 8 nitrogen and oxygen atoms in total. The highest BCUT2D eigenvalue weighted by Crippen LogP contribution is 2.35. The van der Waals surface area contributed by atoms with Crippen molar-refractivity contribution >= 4 is 11.8 Å². The molecule has 27 heavy (non-hydrogen) atoms. The number of hydrogen-bond donors (Lipinski definition) is 2. The van der Waals surface area contributed by atoms with Gasteiger partial charge >= 0.3 is 0 Å². The fourth-order valence-electron chi connectivity index (χ4n) is 3.37. The molecule has 0 radical (unpaired) electrons. The van der Waals surface area contributed by atoms with Gasteiger partial charge in [0, 0.05) is 24.2 Å². The van der Waals surface area contributed by atoms with Gasteiger partial charge in [-0.15, -0.1) is 0 Å². The van der Waals surface area contributed by atoms with Crippen LogP contribution in [-0.4, -0.2) is 60.3 Å². The van der Waals surface area contributed by atoms with Gasteiger partial charge in [-0.2, -0.15) is 5.10 Å². The number of nitrogens with zero attached hydrogens (tertiary/aromatic N) is 2. The summed E-state index contributed by atoms with van der Waals surface area (Å²) in [6.45, 7) is 4.64. The first-order chi connectivity index (χ1) is 13.0. The number of H-pyrrole nitrogens is 1. The van der Waals surface area contributed by atoms with Gasteiger partial charge in [0.2, 0.25) is 5.91 Å². The normalized spacial score (nSPS) is 16.8. The summed E-state index contributed by atoms with van der Waals surface area (Å²) in [4.78, 5) is 26.8. The minimum Gasteiger partial charge on any atom is -0.497 e. The van der Waals surface area contributed by atoms with Crippen LogP contribution >= 0.6 is 0 Å². The Bertz CT molecular complexity index is 861. The molecule has 144 valence electrons. The number of carbonyl (C=O) groups excluding carboxylic acids is 2. The van der Waals surface area contributed by atoms with Crippen molar-refractivity contribution in [3.05, 3.63) is 29.5 Å². The summed E-state index contributed by atoms with van der Waals surface area (Å²) in [5.41, 5.74) is 2.42. The zero-order valence-electron chi connectivity index (χ0n) is 16.0. The van der Waals surface area contributed by atoms with Crippen LogP contribution in [0.25, 0.3) is 11.3 Å². The van der Waals surface area contributed by atoms with E-state index in [2.05, 4.69) is 15.5 Å². The maximum Gasteiger partial charge on any atom is 0.272 e. The molecule has 1 aromatic carbocycles. The molecule has 0 bridgehead atoms. The molecule has 2 N–H and O–H groups in total. The molecule has 1 aliphatic heterocycles. The van der Waals surface area contributed by atoms with E-state index in [1.165, 1.54) is 0 Å². The van der Waals surface area contributed by atoms with Gasteiger partial charge in [0.15, 0.2) is 0 Å². The topological polar surface area (TPSA) is 96.6 Å². The minimum atomic E-state index is -0.469. The van der Waals surface area contributed by atoms with Gasteiger partial charge in [0.25, 0.3) is 5.91 Å². The Labute approximate surface area is 157 Å². The molecule has 3 rings (SSSR count). The summed E-state index contributed by atoms with van der Waals surface area (Å²) in [6.07, 6.45) is 0.557. The van der Waals surface area contributed by atoms with Crippen molar-refractivity contribution in [3.63, 3.8) is 0 Å². The molecule has 1 saturated heterocycles. The van der Waals surface area contributed by atoms with E-state index in [1.807, 2.05) is 19.9 Å². The zero-order valence-corrected chi connectivity index (χ0v) is 16.0. The Hall–Kier alpha value is -3.03. The van der Waals surface area contributed by atoms with E-state index in [-0.39, 0.29) is 11.8 Å². The number of aromatic amines is 1. The second-order valence-electron chi connectivity index (χ2n) is 6.35. The number of amides is 2. The number of benzene rings is 1. The van der Waals surface area contributed by atoms with Crippen LogP contribution in [0, 0.1) is 6.92 Å². The molecular weight excluding hydrogens is 348 g/mol. The maximum atomic E-state index is 13.1. The van der Waals surface area contributed by atoms with Gasteiger partial charge in [0.05, 0.1) is 19.9 Å². The summed E-state index contributed by atoms with van der Waals surface area (Å²) in [5, 5.41) is 10.00. The van der Waals surface area contributed by atoms with Crippen molar-refractivity contribution < 1.29 is 19.1 Å². The van der Waals surface area contributed by atoms with E-state index < -0.39 is 6.04 Å². The van der Waals surface area contributed by atoms with Crippen molar-refractivity contribution in [2.75, 3.05) is 27.3 Å². The largest absolute Gasteiger partial charge is 0.497 e. The van der Waals surface area contributed by atoms with E-state index in [0.717, 1.165) is 5.56 Å². The van der Waals surface area contributed by atoms with Gasteiger partial charge in [-0.3, -0.25) is 14.7 Å². The summed E-state index contributed by atoms with van der Waals surface area (Å²) >= 11 is 0. The first-order valence-electron chi connectivity index (χ1n) is 8.87. The van der Waals surface area contributed by atoms with Gasteiger partial charge < -0.3 is 19.7 Å². The van der Waals surface area contributed by atoms with Crippen molar-refractivity contribution in [2.45, 2.75) is 26.3 Å². The number of methoxy groups -OCH3 is 2. The van der Waals surface area contributed by atoms with Crippen LogP contribution in [-0.2, 0) is 4.79 Å². The summed E-state index contributed by atoms with van der Waals surface area (Å²) in [7, 11) is 3.17. The molecule has 0 unspecified atom stereocenters. The SMILES string of the molecule is CC[C@H]1C(=O)NCCN1C(=O)c1[nH]nc(-c2cc(OC)ccc2OC)c1C. The Morgan fingerprint density at radius 1 is 1.33 bits per heavy atom. The Balaban J connectivity index is 1.98. The number of nitrogens with one attached hydrogen (secondary N) is 2. The highest BCUT2D eigenvalue weighted by atomic mass is 16.5. The average Bonchev–Trinajstić information content (AvgIpc) is 3.07. The lowest BCUT2D eigenvalue weighted by molar-refractivity contribution is -0.127. The highest BCUT2D eigenvalue weighted by Gasteiger charge is 2.34. The first kappa shape index (κ1) is 18.8. The predicted octanol–water partition coefficient (Wildman–Crippen LogP) is 1.75. The fourth-order valence-corrected chi connectivity index (χ4v) is 3.37. The Morgan fingerprint density at radius 3 is 2.78 bits per heavy atom. The lowest BCUT2D eigenvalue weighted by Crippen LogP contribution is -2.57. The van der Waals surface area contributed by atoms with E-state index in [1.54, 1.807) is 31.3 Å². The van der Waals surface area contributed by atoms with Crippen LogP contribution in [0.4, 0.5) is 0 Å². The summed E-state index contributed by atoms with van der Waals surface area (Å²) in [5.74, 6) is 0.951. The van der Waals surface area contributed by atoms with Crippen LogP contribution in [0.2, 0.25) is 0 Å². The molecule has 1 aromatic heterocycles. The molecule has 1 aliphatic rings. The van der Waals surface area contributed by atoms with E-state index in [4.69, 9.17) is 9.47 Å². The van der Waals surface area contributed by atoms with Crippen molar-refractivity contribution in [1.82, 2.24) is 20.4 Å². The standard InChI is InChI=1S/C19H24N4O4/c1-5-14-18(24)20-8-9-23(14)19(25)17-11(2)16(21-22-17)13-10-12(26-3)6-7-15(13)27-4/h6-7,10,14H,5,8-9H2,1-4H3,(H,20,24)(H,21,22)/t14-/m0/s1. The molecule has 0 saturated carbocycles. The van der Waals surface area contributed by atoms with E-state index >= 15 is 0 Å². The number of rotatable bonds is 5. The number of aromatic nitrogens is 2. The molecule has 2 amide bonds. The lowest BCUT2D eigenvalue weighted by atomic mass is 10.0. The van der Waals surface area contributed by atoms with Crippen LogP contribution in [0.5, 0.6) is 11.5 Å². The lowest BCUT2D eigenvalue weighted by Gasteiger charge is -2.34. The predicted molar refractivity (Wildman–Crippen MR) is 100.0 cm³/mol. The fraction of sp³-hybridized carbons (Fsp3) is 0.421. The average molecular weight is 372 g/mol. The molecular formula is C19H24N4O4. The quantitative estimate of drug-likeness (QED) is 0.834. The second-order valence-corrected chi connectivity index (χ2v) is 6.35. The number of piperazine rings is 1. The van der Waals surface area contributed by atoms with Crippen molar-refractivity contribution in [3.8, 4) is 22.8 Å². The maximum absolute atomic E-state index is 13.1. The molecule has 1 fully saturated rings. The molecule has 2 heterocycles. The van der Waals surface area contributed by atoms with Crippen LogP contribution in [0.3, 0.4) is 0 Å². The Kier molecular flexibility index (Phi) is 5.34. The van der Waals surface area contributed by atoms with Gasteiger partial charge in [-0.1, -0.05) is 6.92 Å². The number of hydrogen-bond acceptors (Lipinski definition) is 5. The van der Waals surface area contributed by atoms with Crippen LogP contribution in [0.15, 0.2) is 18.2 Å². The van der Waals surface area contributed by atoms with E-state index in [9.17, 15) is 9.59 Å². The number of carbonyl (C=O) groups is 2. The summed E-state index contributed by atoms with van der Waals surface area (Å²) in [6, 6.07) is 4.95. The Morgan fingerprint density at radius 2 is 2.11 bits per heavy atom. The molecule has 1 atom stereocenters.